The van der Waals surface area contributed by atoms with E-state index in [0.29, 0.717) is 11.3 Å². The van der Waals surface area contributed by atoms with Gasteiger partial charge in [-0.3, -0.25) is 4.79 Å². The highest BCUT2D eigenvalue weighted by molar-refractivity contribution is 5.81. The van der Waals surface area contributed by atoms with Crippen LogP contribution in [0.15, 0.2) is 24.3 Å². The van der Waals surface area contributed by atoms with Gasteiger partial charge in [0.15, 0.2) is 6.61 Å². The van der Waals surface area contributed by atoms with E-state index in [1.165, 1.54) is 12.1 Å². The van der Waals surface area contributed by atoms with E-state index in [1.54, 1.807) is 12.1 Å². The lowest BCUT2D eigenvalue weighted by Gasteiger charge is -2.08. The van der Waals surface area contributed by atoms with Crippen LogP contribution in [0.2, 0.25) is 0 Å². The summed E-state index contributed by atoms with van der Waals surface area (Å²) in [5.41, 5.74) is 11.1. The van der Waals surface area contributed by atoms with E-state index in [4.69, 9.17) is 21.3 Å². The Morgan fingerprint density at radius 2 is 1.88 bits per heavy atom. The maximum absolute atomic E-state index is 10.8. The average molecular weight is 224 g/mol. The van der Waals surface area contributed by atoms with Crippen LogP contribution in [0.3, 0.4) is 0 Å². The summed E-state index contributed by atoms with van der Waals surface area (Å²) in [4.78, 5) is 21.0. The number of aliphatic carboxylic acids is 1. The fourth-order valence-electron chi connectivity index (χ4n) is 1.08. The minimum atomic E-state index is -1.06. The van der Waals surface area contributed by atoms with Gasteiger partial charge in [0.1, 0.15) is 11.8 Å². The summed E-state index contributed by atoms with van der Waals surface area (Å²) in [6.45, 7) is -0.415. The lowest BCUT2D eigenvalue weighted by molar-refractivity contribution is -0.139. The van der Waals surface area contributed by atoms with Crippen molar-refractivity contribution in [3.63, 3.8) is 0 Å². The summed E-state index contributed by atoms with van der Waals surface area (Å²) in [7, 11) is 0. The van der Waals surface area contributed by atoms with Gasteiger partial charge >= 0.3 is 5.97 Å². The third-order valence-corrected chi connectivity index (χ3v) is 1.91. The van der Waals surface area contributed by atoms with Crippen LogP contribution < -0.4 is 16.2 Å². The lowest BCUT2D eigenvalue weighted by atomic mass is 10.1. The van der Waals surface area contributed by atoms with Crippen molar-refractivity contribution in [1.82, 2.24) is 0 Å². The van der Waals surface area contributed by atoms with Crippen LogP contribution in [0.5, 0.6) is 5.75 Å². The third-order valence-electron chi connectivity index (χ3n) is 1.91. The van der Waals surface area contributed by atoms with Crippen LogP contribution in [0.25, 0.3) is 0 Å². The Labute approximate surface area is 91.8 Å². The second-order valence-corrected chi connectivity index (χ2v) is 3.13. The number of primary amides is 1. The smallest absolute Gasteiger partial charge is 0.341 e. The maximum Gasteiger partial charge on any atom is 0.341 e. The fourth-order valence-corrected chi connectivity index (χ4v) is 1.08. The van der Waals surface area contributed by atoms with Crippen LogP contribution >= 0.6 is 0 Å². The Bertz CT molecular complexity index is 388. The van der Waals surface area contributed by atoms with Crippen molar-refractivity contribution >= 4 is 11.9 Å². The van der Waals surface area contributed by atoms with Gasteiger partial charge in [-0.15, -0.1) is 0 Å². The molecule has 0 spiro atoms. The van der Waals surface area contributed by atoms with Gasteiger partial charge in [-0.1, -0.05) is 12.1 Å². The molecule has 1 atom stereocenters. The number of rotatable bonds is 5. The SMILES string of the molecule is NC(=O)C(N)c1ccc(OCC(=O)O)cc1. The maximum atomic E-state index is 10.8. The minimum absolute atomic E-state index is 0.392. The summed E-state index contributed by atoms with van der Waals surface area (Å²) in [5, 5.41) is 8.38. The molecule has 0 fully saturated rings. The zero-order valence-electron chi connectivity index (χ0n) is 8.42. The van der Waals surface area contributed by atoms with Crippen molar-refractivity contribution in [1.29, 1.82) is 0 Å². The Kier molecular flexibility index (Phi) is 3.84. The molecule has 1 unspecified atom stereocenters. The first-order valence-corrected chi connectivity index (χ1v) is 4.50. The van der Waals surface area contributed by atoms with Gasteiger partial charge in [0.2, 0.25) is 5.91 Å². The van der Waals surface area contributed by atoms with Gasteiger partial charge in [-0.05, 0) is 17.7 Å². The number of hydrogen-bond acceptors (Lipinski definition) is 4. The van der Waals surface area contributed by atoms with Crippen molar-refractivity contribution < 1.29 is 19.4 Å². The molecule has 1 rings (SSSR count). The normalized spacial score (nSPS) is 11.8. The summed E-state index contributed by atoms with van der Waals surface area (Å²) < 4.78 is 4.91. The van der Waals surface area contributed by atoms with Crippen molar-refractivity contribution in [3.8, 4) is 5.75 Å². The largest absolute Gasteiger partial charge is 0.482 e. The number of ether oxygens (including phenoxy) is 1. The number of carboxylic acids is 1. The van der Waals surface area contributed by atoms with Gasteiger partial charge < -0.3 is 21.3 Å². The quantitative estimate of drug-likeness (QED) is 0.631. The molecule has 0 aromatic heterocycles. The Morgan fingerprint density at radius 3 is 2.31 bits per heavy atom. The average Bonchev–Trinajstić information content (AvgIpc) is 2.26. The highest BCUT2D eigenvalue weighted by atomic mass is 16.5. The first kappa shape index (κ1) is 12.0. The number of hydrogen-bond donors (Lipinski definition) is 3. The van der Waals surface area contributed by atoms with E-state index in [-0.39, 0.29) is 0 Å². The summed E-state index contributed by atoms with van der Waals surface area (Å²) >= 11 is 0. The standard InChI is InChI=1S/C10H12N2O4/c11-9(10(12)15)6-1-3-7(4-2-6)16-5-8(13)14/h1-4,9H,5,11H2,(H2,12,15)(H,13,14). The Morgan fingerprint density at radius 1 is 1.31 bits per heavy atom. The molecule has 6 heteroatoms. The summed E-state index contributed by atoms with van der Waals surface area (Å²) in [6, 6.07) is 5.31. The molecule has 0 aliphatic rings. The van der Waals surface area contributed by atoms with Gasteiger partial charge in [0.05, 0.1) is 0 Å². The molecule has 5 N–H and O–H groups in total. The zero-order valence-corrected chi connectivity index (χ0v) is 8.42. The predicted octanol–water partition coefficient (Wildman–Crippen LogP) is -0.365. The van der Waals surface area contributed by atoms with Crippen molar-refractivity contribution in [2.24, 2.45) is 11.5 Å². The molecule has 0 heterocycles. The van der Waals surface area contributed by atoms with E-state index in [1.807, 2.05) is 0 Å². The van der Waals surface area contributed by atoms with E-state index in [9.17, 15) is 9.59 Å². The van der Waals surface area contributed by atoms with Crippen LogP contribution in [0.1, 0.15) is 11.6 Å². The molecule has 86 valence electrons. The highest BCUT2D eigenvalue weighted by Gasteiger charge is 2.11. The fraction of sp³-hybridized carbons (Fsp3) is 0.200. The van der Waals surface area contributed by atoms with Crippen molar-refractivity contribution in [2.75, 3.05) is 6.61 Å². The number of carbonyl (C=O) groups is 2. The molecule has 0 aliphatic heterocycles. The lowest BCUT2D eigenvalue weighted by Crippen LogP contribution is -2.28. The monoisotopic (exact) mass is 224 g/mol. The number of carbonyl (C=O) groups excluding carboxylic acids is 1. The predicted molar refractivity (Wildman–Crippen MR) is 55.7 cm³/mol. The number of carboxylic acid groups (broad SMARTS) is 1. The second kappa shape index (κ2) is 5.13. The second-order valence-electron chi connectivity index (χ2n) is 3.13. The third kappa shape index (κ3) is 3.25. The molecular formula is C10H12N2O4. The van der Waals surface area contributed by atoms with Gasteiger partial charge in [-0.2, -0.15) is 0 Å². The molecule has 1 amide bonds. The van der Waals surface area contributed by atoms with E-state index in [2.05, 4.69) is 0 Å². The molecule has 0 saturated carbocycles. The van der Waals surface area contributed by atoms with E-state index in [0.717, 1.165) is 0 Å². The highest BCUT2D eigenvalue weighted by Crippen LogP contribution is 2.16. The molecule has 1 aromatic rings. The molecule has 16 heavy (non-hydrogen) atoms. The number of amides is 1. The van der Waals surface area contributed by atoms with Crippen LogP contribution in [-0.2, 0) is 9.59 Å². The first-order valence-electron chi connectivity index (χ1n) is 4.50. The minimum Gasteiger partial charge on any atom is -0.482 e. The molecule has 1 aromatic carbocycles. The molecule has 6 nitrogen and oxygen atoms in total. The van der Waals surface area contributed by atoms with Crippen molar-refractivity contribution in [2.45, 2.75) is 6.04 Å². The summed E-state index contributed by atoms with van der Waals surface area (Å²) in [5.74, 6) is -1.29. The van der Waals surface area contributed by atoms with Gasteiger partial charge in [0, 0.05) is 0 Å². The van der Waals surface area contributed by atoms with Crippen LogP contribution in [0.4, 0.5) is 0 Å². The molecule has 0 radical (unpaired) electrons. The van der Waals surface area contributed by atoms with Gasteiger partial charge in [-0.25, -0.2) is 4.79 Å². The van der Waals surface area contributed by atoms with E-state index >= 15 is 0 Å². The van der Waals surface area contributed by atoms with Crippen molar-refractivity contribution in [3.05, 3.63) is 29.8 Å². The first-order chi connectivity index (χ1) is 7.50. The zero-order chi connectivity index (χ0) is 12.1. The number of benzene rings is 1. The molecule has 0 aliphatic carbocycles. The topological polar surface area (TPSA) is 116 Å². The Balaban J connectivity index is 2.67. The van der Waals surface area contributed by atoms with Crippen LogP contribution in [-0.4, -0.2) is 23.6 Å². The van der Waals surface area contributed by atoms with Crippen LogP contribution in [0, 0.1) is 0 Å². The van der Waals surface area contributed by atoms with Gasteiger partial charge in [0.25, 0.3) is 0 Å². The summed E-state index contributed by atoms with van der Waals surface area (Å²) in [6.07, 6.45) is 0. The molecule has 0 bridgehead atoms. The molecule has 0 saturated heterocycles. The Hall–Kier alpha value is -2.08. The number of nitrogens with two attached hydrogens (primary N) is 2. The molecular weight excluding hydrogens is 212 g/mol. The van der Waals surface area contributed by atoms with E-state index < -0.39 is 24.5 Å².